The van der Waals surface area contributed by atoms with Crippen LogP contribution in [0.3, 0.4) is 0 Å². The summed E-state index contributed by atoms with van der Waals surface area (Å²) in [7, 11) is 5.21. The Hall–Kier alpha value is -3.46. The second-order valence-corrected chi connectivity index (χ2v) is 10.6. The maximum absolute atomic E-state index is 12.0. The summed E-state index contributed by atoms with van der Waals surface area (Å²) in [5.74, 6) is 0.283. The lowest BCUT2D eigenvalue weighted by Gasteiger charge is -2.35. The summed E-state index contributed by atoms with van der Waals surface area (Å²) in [6.45, 7) is 4.69. The zero-order valence-corrected chi connectivity index (χ0v) is 25.7. The van der Waals surface area contributed by atoms with Gasteiger partial charge in [-0.25, -0.2) is 0 Å². The molecule has 42 heavy (non-hydrogen) atoms. The fourth-order valence-corrected chi connectivity index (χ4v) is 5.67. The van der Waals surface area contributed by atoms with Gasteiger partial charge in [-0.1, -0.05) is 72.3 Å². The molecule has 1 heterocycles. The van der Waals surface area contributed by atoms with Gasteiger partial charge in [0.15, 0.2) is 0 Å². The number of ether oxygens (including phenoxy) is 4. The Morgan fingerprint density at radius 2 is 1.90 bits per heavy atom. The third-order valence-electron chi connectivity index (χ3n) is 7.40. The largest absolute Gasteiger partial charge is 0.498 e. The van der Waals surface area contributed by atoms with Gasteiger partial charge in [-0.05, 0) is 60.2 Å². The summed E-state index contributed by atoms with van der Waals surface area (Å²) in [6, 6.07) is 14.3. The van der Waals surface area contributed by atoms with E-state index < -0.39 is 0 Å². The number of allylic oxidation sites excluding steroid dienone is 3. The molecule has 2 aromatic carbocycles. The third-order valence-corrected chi connectivity index (χ3v) is 7.64. The number of halogens is 1. The molecule has 1 aliphatic heterocycles. The third kappa shape index (κ3) is 7.48. The van der Waals surface area contributed by atoms with Crippen LogP contribution in [0.2, 0.25) is 5.02 Å². The van der Waals surface area contributed by atoms with Crippen LogP contribution in [0.5, 0.6) is 0 Å². The zero-order valence-electron chi connectivity index (χ0n) is 25.0. The Bertz CT molecular complexity index is 1350. The van der Waals surface area contributed by atoms with Crippen molar-refractivity contribution < 1.29 is 23.7 Å². The van der Waals surface area contributed by atoms with Crippen LogP contribution in [0.25, 0.3) is 11.1 Å². The molecule has 0 aromatic heterocycles. The van der Waals surface area contributed by atoms with Gasteiger partial charge in [-0.15, -0.1) is 5.11 Å². The van der Waals surface area contributed by atoms with Gasteiger partial charge in [0.25, 0.3) is 0 Å². The van der Waals surface area contributed by atoms with Gasteiger partial charge in [0, 0.05) is 31.6 Å². The number of rotatable bonds is 12. The lowest BCUT2D eigenvalue weighted by Crippen LogP contribution is -2.33. The molecule has 2 aliphatic rings. The van der Waals surface area contributed by atoms with Crippen molar-refractivity contribution in [2.45, 2.75) is 51.4 Å². The van der Waals surface area contributed by atoms with Gasteiger partial charge in [0.1, 0.15) is 11.9 Å². The zero-order chi connectivity index (χ0) is 30.1. The fourth-order valence-electron chi connectivity index (χ4n) is 5.49. The van der Waals surface area contributed by atoms with E-state index in [9.17, 15) is 4.79 Å². The molecular formula is C33H40ClN3O5. The second kappa shape index (κ2) is 15.1. The number of fused-ring (bicyclic) bond motifs is 3. The number of hydrogen-bond donors (Lipinski definition) is 0. The minimum atomic E-state index is -0.355. The van der Waals surface area contributed by atoms with Crippen LogP contribution in [-0.2, 0) is 23.7 Å². The van der Waals surface area contributed by atoms with Gasteiger partial charge in [-0.3, -0.25) is 9.80 Å². The van der Waals surface area contributed by atoms with E-state index in [1.807, 2.05) is 56.5 Å². The normalized spacial score (nSPS) is 21.8. The predicted octanol–water partition coefficient (Wildman–Crippen LogP) is 7.79. The molecule has 4 atom stereocenters. The molecular weight excluding hydrogens is 554 g/mol. The minimum Gasteiger partial charge on any atom is -0.498 e. The molecule has 0 saturated heterocycles. The highest BCUT2D eigenvalue weighted by atomic mass is 35.5. The minimum absolute atomic E-state index is 0.0914. The molecule has 2 aromatic rings. The summed E-state index contributed by atoms with van der Waals surface area (Å²) >= 11 is 6.55. The van der Waals surface area contributed by atoms with Crippen LogP contribution < -0.4 is 0 Å². The number of hydrogen-bond acceptors (Lipinski definition) is 7. The van der Waals surface area contributed by atoms with Crippen LogP contribution in [0.15, 0.2) is 88.6 Å². The number of nitrogens with zero attached hydrogens (tertiary/aromatic N) is 3. The van der Waals surface area contributed by atoms with E-state index in [-0.39, 0.29) is 36.6 Å². The Labute approximate surface area is 253 Å². The highest BCUT2D eigenvalue weighted by Gasteiger charge is 2.39. The summed E-state index contributed by atoms with van der Waals surface area (Å²) in [5, 5.41) is 11.1. The average Bonchev–Trinajstić information content (AvgIpc) is 3.13. The summed E-state index contributed by atoms with van der Waals surface area (Å²) in [4.78, 5) is 12.0. The summed E-state index contributed by atoms with van der Waals surface area (Å²) < 4.78 is 23.7. The fraction of sp³-hybridized carbons (Fsp3) is 0.424. The molecule has 0 fully saturated rings. The van der Waals surface area contributed by atoms with Crippen LogP contribution in [-0.4, -0.2) is 51.5 Å². The van der Waals surface area contributed by atoms with Crippen molar-refractivity contribution in [2.24, 2.45) is 16.3 Å². The van der Waals surface area contributed by atoms with Crippen molar-refractivity contribution in [3.8, 4) is 11.1 Å². The van der Waals surface area contributed by atoms with Crippen LogP contribution in [0.4, 0.5) is 0 Å². The molecule has 0 bridgehead atoms. The van der Waals surface area contributed by atoms with Crippen molar-refractivity contribution in [1.82, 2.24) is 5.01 Å². The molecule has 0 spiro atoms. The molecule has 0 radical (unpaired) electrons. The van der Waals surface area contributed by atoms with Crippen molar-refractivity contribution >= 4 is 17.6 Å². The first kappa shape index (κ1) is 31.5. The number of methoxy groups -OCH3 is 2. The Morgan fingerprint density at radius 3 is 2.64 bits per heavy atom. The standard InChI is InChI=1S/C33H40ClN3O5/c1-6-11-23(21-31(38)41-7-2)35-36-37(3)19-18-29-26-13-9-8-12-24(26)25-17-16-22(34)20-28(25)32(42-29)27-14-10-15-30(39-4)33(27)40-5/h8-17,20,27,29,32-33H,6-7,18-19,21H2,1-5H3/b23-11+,36-35?/t27?,29-,32-,33?/m1/s1. The number of carbonyl (C=O) groups is 1. The number of esters is 1. The first-order valence-corrected chi connectivity index (χ1v) is 14.7. The monoisotopic (exact) mass is 593 g/mol. The van der Waals surface area contributed by atoms with Crippen molar-refractivity contribution in [3.63, 3.8) is 0 Å². The lowest BCUT2D eigenvalue weighted by molar-refractivity contribution is -0.142. The SMILES string of the molecule is CC/C=C(\CC(=O)OCC)N=NN(C)CC[C@H]1O[C@H](C2C=CC=C(OC)C2OC)c2cc(Cl)ccc2-c2ccccc21. The van der Waals surface area contributed by atoms with Gasteiger partial charge >= 0.3 is 5.97 Å². The predicted molar refractivity (Wildman–Crippen MR) is 164 cm³/mol. The summed E-state index contributed by atoms with van der Waals surface area (Å²) in [6.07, 6.45) is 8.48. The first-order chi connectivity index (χ1) is 20.4. The van der Waals surface area contributed by atoms with E-state index >= 15 is 0 Å². The smallest absolute Gasteiger partial charge is 0.311 e. The molecule has 9 heteroatoms. The van der Waals surface area contributed by atoms with E-state index in [1.165, 1.54) is 0 Å². The summed E-state index contributed by atoms with van der Waals surface area (Å²) in [5.41, 5.74) is 4.88. The van der Waals surface area contributed by atoms with E-state index in [1.54, 1.807) is 26.2 Å². The quantitative estimate of drug-likeness (QED) is 0.142. The molecule has 0 saturated carbocycles. The van der Waals surface area contributed by atoms with Crippen molar-refractivity contribution in [3.05, 3.63) is 94.4 Å². The van der Waals surface area contributed by atoms with Gasteiger partial charge in [0.05, 0.1) is 38.0 Å². The maximum Gasteiger partial charge on any atom is 0.311 e. The highest BCUT2D eigenvalue weighted by Crippen LogP contribution is 2.48. The molecule has 8 nitrogen and oxygen atoms in total. The van der Waals surface area contributed by atoms with Gasteiger partial charge < -0.3 is 18.9 Å². The molecule has 0 N–H and O–H groups in total. The first-order valence-electron chi connectivity index (χ1n) is 14.4. The average molecular weight is 594 g/mol. The van der Waals surface area contributed by atoms with E-state index in [0.717, 1.165) is 34.4 Å². The molecule has 0 amide bonds. The van der Waals surface area contributed by atoms with Gasteiger partial charge in [0.2, 0.25) is 0 Å². The molecule has 1 aliphatic carbocycles. The van der Waals surface area contributed by atoms with Crippen molar-refractivity contribution in [2.75, 3.05) is 34.4 Å². The van der Waals surface area contributed by atoms with E-state index in [4.69, 9.17) is 30.5 Å². The Morgan fingerprint density at radius 1 is 1.12 bits per heavy atom. The van der Waals surface area contributed by atoms with E-state index in [0.29, 0.717) is 30.3 Å². The molecule has 224 valence electrons. The number of carbonyl (C=O) groups excluding carboxylic acids is 1. The molecule has 2 unspecified atom stereocenters. The van der Waals surface area contributed by atoms with Gasteiger partial charge in [-0.2, -0.15) is 0 Å². The molecule has 4 rings (SSSR count). The maximum atomic E-state index is 12.0. The van der Waals surface area contributed by atoms with Crippen LogP contribution in [0.1, 0.15) is 56.4 Å². The van der Waals surface area contributed by atoms with Crippen LogP contribution in [0, 0.1) is 5.92 Å². The second-order valence-electron chi connectivity index (χ2n) is 10.2. The topological polar surface area (TPSA) is 82.0 Å². The van der Waals surface area contributed by atoms with Crippen LogP contribution >= 0.6 is 11.6 Å². The highest BCUT2D eigenvalue weighted by molar-refractivity contribution is 6.30. The number of benzene rings is 2. The Kier molecular flexibility index (Phi) is 11.3. The lowest BCUT2D eigenvalue weighted by atomic mass is 9.84. The van der Waals surface area contributed by atoms with Crippen molar-refractivity contribution in [1.29, 1.82) is 0 Å². The Balaban J connectivity index is 1.62. The van der Waals surface area contributed by atoms with E-state index in [2.05, 4.69) is 34.6 Å².